The second kappa shape index (κ2) is 10.7. The molecule has 1 aromatic carbocycles. The Morgan fingerprint density at radius 2 is 1.91 bits per heavy atom. The molecular weight excluding hydrogens is 485 g/mol. The molecule has 0 saturated carbocycles. The minimum atomic E-state index is -0.247. The van der Waals surface area contributed by atoms with Crippen LogP contribution in [0.15, 0.2) is 18.2 Å². The van der Waals surface area contributed by atoms with E-state index in [-0.39, 0.29) is 5.97 Å². The molecule has 5 nitrogen and oxygen atoms in total. The lowest BCUT2D eigenvalue weighted by Gasteiger charge is -2.36. The van der Waals surface area contributed by atoms with Crippen LogP contribution in [-0.2, 0) is 24.1 Å². The molecule has 32 heavy (non-hydrogen) atoms. The zero-order chi connectivity index (χ0) is 22.7. The summed E-state index contributed by atoms with van der Waals surface area (Å²) < 4.78 is 5.35. The van der Waals surface area contributed by atoms with E-state index in [1.807, 2.05) is 25.1 Å². The Labute approximate surface area is 208 Å². The molecule has 0 spiro atoms. The molecule has 1 aliphatic carbocycles. The van der Waals surface area contributed by atoms with Crippen molar-refractivity contribution in [1.29, 1.82) is 0 Å². The van der Waals surface area contributed by atoms with Crippen LogP contribution in [0, 0.1) is 0 Å². The largest absolute Gasteiger partial charge is 0.462 e. The second-order valence-electron chi connectivity index (χ2n) is 8.08. The van der Waals surface area contributed by atoms with Gasteiger partial charge in [0, 0.05) is 37.6 Å². The number of piperazine rings is 1. The van der Waals surface area contributed by atoms with Crippen molar-refractivity contribution in [2.24, 2.45) is 0 Å². The van der Waals surface area contributed by atoms with Crippen molar-refractivity contribution >= 4 is 62.8 Å². The van der Waals surface area contributed by atoms with E-state index in [0.29, 0.717) is 27.3 Å². The molecule has 0 unspecified atom stereocenters. The first-order valence-corrected chi connectivity index (χ1v) is 13.0. The number of fused-ring (bicyclic) bond motifs is 1. The normalized spacial score (nSPS) is 16.5. The van der Waals surface area contributed by atoms with Gasteiger partial charge in [0.15, 0.2) is 5.11 Å². The highest BCUT2D eigenvalue weighted by molar-refractivity contribution is 7.80. The van der Waals surface area contributed by atoms with E-state index < -0.39 is 0 Å². The van der Waals surface area contributed by atoms with Crippen molar-refractivity contribution in [3.05, 3.63) is 49.8 Å². The first-order valence-electron chi connectivity index (χ1n) is 11.0. The van der Waals surface area contributed by atoms with Crippen LogP contribution in [0.3, 0.4) is 0 Å². The second-order valence-corrected chi connectivity index (χ2v) is 10.4. The van der Waals surface area contributed by atoms with E-state index in [2.05, 4.69) is 15.1 Å². The number of aryl methyl sites for hydroxylation is 1. The maximum Gasteiger partial charge on any atom is 0.341 e. The van der Waals surface area contributed by atoms with Gasteiger partial charge in [0.2, 0.25) is 0 Å². The lowest BCUT2D eigenvalue weighted by molar-refractivity contribution is 0.0526. The number of rotatable bonds is 5. The van der Waals surface area contributed by atoms with E-state index in [0.717, 1.165) is 68.1 Å². The summed E-state index contributed by atoms with van der Waals surface area (Å²) >= 11 is 19.6. The summed E-state index contributed by atoms with van der Waals surface area (Å²) in [7, 11) is 0. The summed E-state index contributed by atoms with van der Waals surface area (Å²) in [4.78, 5) is 18.5. The van der Waals surface area contributed by atoms with Crippen molar-refractivity contribution in [3.63, 3.8) is 0 Å². The predicted octanol–water partition coefficient (Wildman–Crippen LogP) is 5.63. The number of carbonyl (C=O) groups is 1. The number of benzene rings is 1. The number of halogens is 2. The van der Waals surface area contributed by atoms with Gasteiger partial charge in [-0.25, -0.2) is 4.79 Å². The Kier molecular flexibility index (Phi) is 7.95. The summed E-state index contributed by atoms with van der Waals surface area (Å²) in [5.41, 5.74) is 2.99. The maximum absolute atomic E-state index is 12.7. The highest BCUT2D eigenvalue weighted by Crippen LogP contribution is 2.38. The molecule has 2 aliphatic rings. The Morgan fingerprint density at radius 3 is 2.62 bits per heavy atom. The SMILES string of the molecule is CCOC(=O)c1c(NC(=S)N2CCN(Cc3ccc(Cl)c(Cl)c3)CC2)sc2c1CCCC2. The maximum atomic E-state index is 12.7. The molecule has 0 radical (unpaired) electrons. The van der Waals surface area contributed by atoms with E-state index in [9.17, 15) is 4.79 Å². The van der Waals surface area contributed by atoms with Crippen LogP contribution in [0.5, 0.6) is 0 Å². The standard InChI is InChI=1S/C23H27Cl2N3O2S2/c1-2-30-22(29)20-16-5-3-4-6-19(16)32-21(20)26-23(31)28-11-9-27(10-12-28)14-15-7-8-17(24)18(25)13-15/h7-8,13H,2-6,9-12,14H2,1H3,(H,26,31). The van der Waals surface area contributed by atoms with Gasteiger partial charge in [0.25, 0.3) is 0 Å². The Hall–Kier alpha value is -1.38. The fraction of sp³-hybridized carbons (Fsp3) is 0.478. The number of esters is 1. The minimum absolute atomic E-state index is 0.247. The number of nitrogens with one attached hydrogen (secondary N) is 1. The number of hydrogen-bond donors (Lipinski definition) is 1. The Bertz CT molecular complexity index is 1000. The number of thiocarbonyl (C=S) groups is 1. The fourth-order valence-electron chi connectivity index (χ4n) is 4.25. The lowest BCUT2D eigenvalue weighted by atomic mass is 9.95. The monoisotopic (exact) mass is 511 g/mol. The van der Waals surface area contributed by atoms with Crippen molar-refractivity contribution in [2.45, 2.75) is 39.2 Å². The number of ether oxygens (including phenoxy) is 1. The average molecular weight is 513 g/mol. The van der Waals surface area contributed by atoms with Gasteiger partial charge < -0.3 is 15.0 Å². The third-order valence-electron chi connectivity index (χ3n) is 5.92. The predicted molar refractivity (Wildman–Crippen MR) is 136 cm³/mol. The third kappa shape index (κ3) is 5.39. The molecule has 9 heteroatoms. The number of anilines is 1. The fourth-order valence-corrected chi connectivity index (χ4v) is 6.20. The highest BCUT2D eigenvalue weighted by atomic mass is 35.5. The summed E-state index contributed by atoms with van der Waals surface area (Å²) in [5.74, 6) is -0.247. The lowest BCUT2D eigenvalue weighted by Crippen LogP contribution is -2.49. The molecule has 1 fully saturated rings. The van der Waals surface area contributed by atoms with Crippen molar-refractivity contribution in [2.75, 3.05) is 38.1 Å². The number of thiophene rings is 1. The third-order valence-corrected chi connectivity index (χ3v) is 8.23. The molecule has 1 aliphatic heterocycles. The van der Waals surface area contributed by atoms with Gasteiger partial charge >= 0.3 is 5.97 Å². The molecule has 0 atom stereocenters. The zero-order valence-corrected chi connectivity index (χ0v) is 21.2. The van der Waals surface area contributed by atoms with Gasteiger partial charge in [-0.1, -0.05) is 29.3 Å². The highest BCUT2D eigenvalue weighted by Gasteiger charge is 2.28. The quantitative estimate of drug-likeness (QED) is 0.414. The number of hydrogen-bond acceptors (Lipinski definition) is 5. The van der Waals surface area contributed by atoms with E-state index in [1.165, 1.54) is 11.3 Å². The molecule has 2 heterocycles. The van der Waals surface area contributed by atoms with Crippen LogP contribution in [0.4, 0.5) is 5.00 Å². The van der Waals surface area contributed by atoms with Crippen LogP contribution >= 0.6 is 46.8 Å². The smallest absolute Gasteiger partial charge is 0.341 e. The van der Waals surface area contributed by atoms with E-state index in [4.69, 9.17) is 40.2 Å². The van der Waals surface area contributed by atoms with Crippen LogP contribution < -0.4 is 5.32 Å². The summed E-state index contributed by atoms with van der Waals surface area (Å²) in [6, 6.07) is 5.79. The first kappa shape index (κ1) is 23.8. The summed E-state index contributed by atoms with van der Waals surface area (Å²) in [6.07, 6.45) is 4.23. The molecule has 0 bridgehead atoms. The van der Waals surface area contributed by atoms with Gasteiger partial charge in [-0.05, 0) is 68.1 Å². The zero-order valence-electron chi connectivity index (χ0n) is 18.1. The van der Waals surface area contributed by atoms with Gasteiger partial charge in [0.1, 0.15) is 5.00 Å². The molecule has 4 rings (SSSR count). The Balaban J connectivity index is 1.38. The van der Waals surface area contributed by atoms with Crippen molar-refractivity contribution < 1.29 is 9.53 Å². The van der Waals surface area contributed by atoms with Gasteiger partial charge in [-0.15, -0.1) is 11.3 Å². The van der Waals surface area contributed by atoms with Gasteiger partial charge in [0.05, 0.1) is 22.2 Å². The topological polar surface area (TPSA) is 44.8 Å². The molecular formula is C23H27Cl2N3O2S2. The van der Waals surface area contributed by atoms with Gasteiger partial charge in [-0.2, -0.15) is 0 Å². The molecule has 0 amide bonds. The average Bonchev–Trinajstić information content (AvgIpc) is 3.15. The van der Waals surface area contributed by atoms with Crippen LogP contribution in [-0.4, -0.2) is 53.7 Å². The van der Waals surface area contributed by atoms with Gasteiger partial charge in [-0.3, -0.25) is 4.90 Å². The van der Waals surface area contributed by atoms with Crippen molar-refractivity contribution in [1.82, 2.24) is 9.80 Å². The molecule has 1 aromatic heterocycles. The molecule has 172 valence electrons. The van der Waals surface area contributed by atoms with Crippen LogP contribution in [0.2, 0.25) is 10.0 Å². The van der Waals surface area contributed by atoms with Crippen LogP contribution in [0.25, 0.3) is 0 Å². The van der Waals surface area contributed by atoms with E-state index in [1.54, 1.807) is 11.3 Å². The number of carbonyl (C=O) groups excluding carboxylic acids is 1. The molecule has 2 aromatic rings. The summed E-state index contributed by atoms with van der Waals surface area (Å²) in [5, 5.41) is 6.05. The van der Waals surface area contributed by atoms with Crippen molar-refractivity contribution in [3.8, 4) is 0 Å². The Morgan fingerprint density at radius 1 is 1.16 bits per heavy atom. The molecule has 1 N–H and O–H groups in total. The number of nitrogens with zero attached hydrogens (tertiary/aromatic N) is 2. The summed E-state index contributed by atoms with van der Waals surface area (Å²) in [6.45, 7) is 6.48. The first-order chi connectivity index (χ1) is 15.5. The van der Waals surface area contributed by atoms with Crippen LogP contribution in [0.1, 0.15) is 46.1 Å². The van der Waals surface area contributed by atoms with E-state index >= 15 is 0 Å². The minimum Gasteiger partial charge on any atom is -0.462 e. The molecule has 1 saturated heterocycles.